The Morgan fingerprint density at radius 3 is 2.52 bits per heavy atom. The lowest BCUT2D eigenvalue weighted by Crippen LogP contribution is -2.08. The van der Waals surface area contributed by atoms with Gasteiger partial charge in [0.05, 0.1) is 29.1 Å². The fourth-order valence-corrected chi connectivity index (χ4v) is 3.98. The van der Waals surface area contributed by atoms with E-state index in [-0.39, 0.29) is 0 Å². The summed E-state index contributed by atoms with van der Waals surface area (Å²) in [5.41, 5.74) is 8.44. The summed E-state index contributed by atoms with van der Waals surface area (Å²) in [6.07, 6.45) is 10.9. The molecule has 1 aromatic carbocycles. The fraction of sp³-hybridized carbons (Fsp3) is 0.0800. The van der Waals surface area contributed by atoms with Crippen molar-refractivity contribution in [2.45, 2.75) is 0 Å². The number of anilines is 1. The van der Waals surface area contributed by atoms with Gasteiger partial charge in [-0.3, -0.25) is 20.1 Å². The van der Waals surface area contributed by atoms with Gasteiger partial charge in [-0.2, -0.15) is 5.10 Å². The fourth-order valence-electron chi connectivity index (χ4n) is 3.98. The highest BCUT2D eigenvalue weighted by Gasteiger charge is 2.16. The lowest BCUT2D eigenvalue weighted by Gasteiger charge is -2.13. The molecule has 0 unspecified atom stereocenters. The summed E-state index contributed by atoms with van der Waals surface area (Å²) in [6, 6.07) is 12.3. The molecular formula is C25H20N8. The molecule has 5 aromatic heterocycles. The van der Waals surface area contributed by atoms with E-state index in [2.05, 4.69) is 48.3 Å². The average Bonchev–Trinajstić information content (AvgIpc) is 3.48. The molecule has 8 nitrogen and oxygen atoms in total. The van der Waals surface area contributed by atoms with Crippen LogP contribution in [0, 0.1) is 0 Å². The number of benzene rings is 1. The minimum atomic E-state index is 0.687. The molecule has 6 rings (SSSR count). The van der Waals surface area contributed by atoms with Gasteiger partial charge in [0.2, 0.25) is 0 Å². The first-order valence-electron chi connectivity index (χ1n) is 10.5. The quantitative estimate of drug-likeness (QED) is 0.419. The van der Waals surface area contributed by atoms with E-state index in [1.54, 1.807) is 12.4 Å². The van der Waals surface area contributed by atoms with Crippen molar-refractivity contribution >= 4 is 27.6 Å². The third kappa shape index (κ3) is 3.28. The summed E-state index contributed by atoms with van der Waals surface area (Å²) < 4.78 is 0. The summed E-state index contributed by atoms with van der Waals surface area (Å²) in [4.78, 5) is 23.3. The lowest BCUT2D eigenvalue weighted by molar-refractivity contribution is 1.11. The van der Waals surface area contributed by atoms with E-state index >= 15 is 0 Å². The number of rotatable bonds is 4. The van der Waals surface area contributed by atoms with Gasteiger partial charge in [-0.25, -0.2) is 4.98 Å². The third-order valence-electron chi connectivity index (χ3n) is 5.73. The maximum absolute atomic E-state index is 4.90. The monoisotopic (exact) mass is 432 g/mol. The molecule has 0 fully saturated rings. The van der Waals surface area contributed by atoms with E-state index in [1.807, 2.05) is 62.0 Å². The van der Waals surface area contributed by atoms with Gasteiger partial charge >= 0.3 is 0 Å². The number of pyridine rings is 3. The highest BCUT2D eigenvalue weighted by atomic mass is 15.1. The van der Waals surface area contributed by atoms with Gasteiger partial charge in [0.15, 0.2) is 5.82 Å². The summed E-state index contributed by atoms with van der Waals surface area (Å²) in [5, 5.41) is 8.68. The van der Waals surface area contributed by atoms with Crippen LogP contribution in [0.2, 0.25) is 0 Å². The lowest BCUT2D eigenvalue weighted by atomic mass is 10.0. The molecule has 0 aliphatic rings. The molecule has 0 atom stereocenters. The summed E-state index contributed by atoms with van der Waals surface area (Å²) >= 11 is 0. The van der Waals surface area contributed by atoms with Gasteiger partial charge in [0.1, 0.15) is 11.2 Å². The number of nitrogens with zero attached hydrogens (tertiary/aromatic N) is 6. The van der Waals surface area contributed by atoms with Gasteiger partial charge < -0.3 is 9.88 Å². The minimum absolute atomic E-state index is 0.687. The largest absolute Gasteiger partial charge is 0.376 e. The molecule has 0 spiro atoms. The smallest absolute Gasteiger partial charge is 0.159 e. The second-order valence-electron chi connectivity index (χ2n) is 8.07. The van der Waals surface area contributed by atoms with Crippen molar-refractivity contribution in [3.05, 3.63) is 73.6 Å². The first-order valence-corrected chi connectivity index (χ1v) is 10.5. The topological polar surface area (TPSA) is 99.3 Å². The summed E-state index contributed by atoms with van der Waals surface area (Å²) in [6.45, 7) is 0. The van der Waals surface area contributed by atoms with Crippen molar-refractivity contribution in [1.82, 2.24) is 35.1 Å². The van der Waals surface area contributed by atoms with Crippen LogP contribution in [0.5, 0.6) is 0 Å². The molecule has 160 valence electrons. The van der Waals surface area contributed by atoms with Crippen LogP contribution in [-0.2, 0) is 0 Å². The van der Waals surface area contributed by atoms with E-state index in [0.717, 1.165) is 55.6 Å². The van der Waals surface area contributed by atoms with Crippen LogP contribution < -0.4 is 4.90 Å². The van der Waals surface area contributed by atoms with Crippen LogP contribution in [0.3, 0.4) is 0 Å². The average molecular weight is 432 g/mol. The number of fused-ring (bicyclic) bond motifs is 2. The molecule has 0 aliphatic heterocycles. The molecule has 0 aliphatic carbocycles. The summed E-state index contributed by atoms with van der Waals surface area (Å²) in [5.74, 6) is 0.687. The Morgan fingerprint density at radius 1 is 0.788 bits per heavy atom. The highest BCUT2D eigenvalue weighted by molar-refractivity contribution is 5.98. The van der Waals surface area contributed by atoms with Crippen LogP contribution in [-0.4, -0.2) is 49.2 Å². The molecule has 33 heavy (non-hydrogen) atoms. The summed E-state index contributed by atoms with van der Waals surface area (Å²) in [7, 11) is 4.02. The molecule has 0 saturated heterocycles. The Labute approximate surface area is 189 Å². The molecule has 0 bridgehead atoms. The number of nitrogens with one attached hydrogen (secondary N) is 2. The van der Waals surface area contributed by atoms with E-state index in [1.165, 1.54) is 0 Å². The van der Waals surface area contributed by atoms with Gasteiger partial charge in [-0.1, -0.05) is 12.1 Å². The Bertz CT molecular complexity index is 1600. The zero-order chi connectivity index (χ0) is 22.4. The number of imidazole rings is 1. The number of hydrogen-bond donors (Lipinski definition) is 2. The molecule has 0 saturated carbocycles. The first kappa shape index (κ1) is 19.1. The molecule has 8 heteroatoms. The molecule has 0 radical (unpaired) electrons. The van der Waals surface area contributed by atoms with E-state index in [0.29, 0.717) is 5.82 Å². The highest BCUT2D eigenvalue weighted by Crippen LogP contribution is 2.33. The number of aromatic nitrogens is 7. The zero-order valence-corrected chi connectivity index (χ0v) is 18.1. The van der Waals surface area contributed by atoms with Crippen LogP contribution in [0.15, 0.2) is 73.6 Å². The Kier molecular flexibility index (Phi) is 4.36. The second kappa shape index (κ2) is 7.52. The molecule has 6 aromatic rings. The molecule has 2 N–H and O–H groups in total. The van der Waals surface area contributed by atoms with Gasteiger partial charge in [-0.05, 0) is 29.8 Å². The first-order chi connectivity index (χ1) is 16.2. The van der Waals surface area contributed by atoms with Crippen LogP contribution >= 0.6 is 0 Å². The van der Waals surface area contributed by atoms with Crippen LogP contribution in [0.25, 0.3) is 55.7 Å². The van der Waals surface area contributed by atoms with Crippen molar-refractivity contribution < 1.29 is 0 Å². The van der Waals surface area contributed by atoms with Crippen molar-refractivity contribution in [1.29, 1.82) is 0 Å². The number of aromatic amines is 2. The van der Waals surface area contributed by atoms with Crippen LogP contribution in [0.4, 0.5) is 5.69 Å². The predicted octanol–water partition coefficient (Wildman–Crippen LogP) is 4.69. The zero-order valence-electron chi connectivity index (χ0n) is 18.1. The number of H-pyrrole nitrogens is 2. The second-order valence-corrected chi connectivity index (χ2v) is 8.07. The van der Waals surface area contributed by atoms with Gasteiger partial charge in [0.25, 0.3) is 0 Å². The van der Waals surface area contributed by atoms with Crippen molar-refractivity contribution in [2.75, 3.05) is 19.0 Å². The maximum atomic E-state index is 4.90. The van der Waals surface area contributed by atoms with Crippen molar-refractivity contribution in [3.63, 3.8) is 0 Å². The third-order valence-corrected chi connectivity index (χ3v) is 5.73. The van der Waals surface area contributed by atoms with Gasteiger partial charge in [-0.15, -0.1) is 0 Å². The molecule has 0 amide bonds. The Balaban J connectivity index is 1.48. The minimum Gasteiger partial charge on any atom is -0.376 e. The number of hydrogen-bond acceptors (Lipinski definition) is 6. The predicted molar refractivity (Wildman–Crippen MR) is 130 cm³/mol. The standard InChI is InChI=1S/C25H20N8/c1-33(2)18-8-17(11-27-12-18)15-5-6-21-19(9-15)24(32-31-21)25-29-22-14-28-13-20(23(22)30-25)16-4-3-7-26-10-16/h3-14H,1-2H3,(H,29,30)(H,31,32). The maximum Gasteiger partial charge on any atom is 0.159 e. The van der Waals surface area contributed by atoms with Gasteiger partial charge in [0, 0.05) is 61.0 Å². The van der Waals surface area contributed by atoms with Crippen LogP contribution in [0.1, 0.15) is 0 Å². The van der Waals surface area contributed by atoms with E-state index in [4.69, 9.17) is 4.98 Å². The Hall–Kier alpha value is -4.59. The normalized spacial score (nSPS) is 11.3. The molecular weight excluding hydrogens is 412 g/mol. The SMILES string of the molecule is CN(C)c1cncc(-c2ccc3[nH]nc(-c4nc5c(-c6cccnc6)cncc5[nH]4)c3c2)c1. The molecule has 5 heterocycles. The van der Waals surface area contributed by atoms with Crippen molar-refractivity contribution in [3.8, 4) is 33.8 Å². The van der Waals surface area contributed by atoms with E-state index in [9.17, 15) is 0 Å². The van der Waals surface area contributed by atoms with E-state index < -0.39 is 0 Å². The van der Waals surface area contributed by atoms with Crippen molar-refractivity contribution in [2.24, 2.45) is 0 Å². The Morgan fingerprint density at radius 2 is 1.67 bits per heavy atom.